The van der Waals surface area contributed by atoms with E-state index < -0.39 is 18.1 Å². The van der Waals surface area contributed by atoms with E-state index in [4.69, 9.17) is 14.2 Å². The SMILES string of the molecule is CC/C=C\C/C=C\C/C=C\C/C=C\CCCCCCCCC(=O)OC(COCCC(C(=O)O)[N+](C)(C)C)COC(=O)CCCCCCC/C=C\CCC. The highest BCUT2D eigenvalue weighted by Crippen LogP contribution is 2.13. The van der Waals surface area contributed by atoms with Crippen LogP contribution in [0, 0.1) is 0 Å². The molecule has 0 aromatic heterocycles. The third-order valence-electron chi connectivity index (χ3n) is 8.88. The Morgan fingerprint density at radius 2 is 1.06 bits per heavy atom. The zero-order chi connectivity index (χ0) is 39.3. The third kappa shape index (κ3) is 34.5. The standard InChI is InChI=1S/C45H77NO7/c1-6-8-10-12-14-16-18-19-20-21-22-23-24-25-26-28-30-32-34-36-44(48)53-41(39-51-38-37-42(45(49)50)46(3,4)5)40-52-43(47)35-33-31-29-27-17-15-13-11-9-7-2/h8,10-11,13-14,16,19-20,22-23,41-42H,6-7,9,12,15,17-18,21,24-40H2,1-5H3/p+1/b10-8-,13-11-,16-14-,20-19-,23-22-. The first-order valence-electron chi connectivity index (χ1n) is 20.8. The summed E-state index contributed by atoms with van der Waals surface area (Å²) in [5, 5.41) is 9.60. The van der Waals surface area contributed by atoms with Gasteiger partial charge in [0, 0.05) is 19.3 Å². The molecule has 0 aromatic rings. The molecule has 0 aliphatic carbocycles. The Hall–Kier alpha value is -2.97. The molecule has 0 heterocycles. The average Bonchev–Trinajstić information content (AvgIpc) is 3.11. The molecule has 0 amide bonds. The fourth-order valence-corrected chi connectivity index (χ4v) is 5.67. The lowest BCUT2D eigenvalue weighted by molar-refractivity contribution is -0.887. The zero-order valence-corrected chi connectivity index (χ0v) is 34.4. The molecule has 0 aliphatic rings. The van der Waals surface area contributed by atoms with Crippen molar-refractivity contribution in [2.75, 3.05) is 41.0 Å². The molecule has 2 atom stereocenters. The van der Waals surface area contributed by atoms with E-state index in [0.717, 1.165) is 96.3 Å². The Balaban J connectivity index is 4.38. The van der Waals surface area contributed by atoms with Crippen molar-refractivity contribution < 1.29 is 38.2 Å². The maximum atomic E-state index is 12.7. The van der Waals surface area contributed by atoms with E-state index >= 15 is 0 Å². The van der Waals surface area contributed by atoms with Crippen molar-refractivity contribution >= 4 is 17.9 Å². The Kier molecular flexibility index (Phi) is 34.0. The van der Waals surface area contributed by atoms with Gasteiger partial charge in [0.1, 0.15) is 6.61 Å². The molecule has 0 aliphatic heterocycles. The number of likely N-dealkylation sites (N-methyl/N-ethyl adjacent to an activating group) is 1. The lowest BCUT2D eigenvalue weighted by Crippen LogP contribution is -2.50. The normalized spacial score (nSPS) is 13.6. The molecule has 2 unspecified atom stereocenters. The van der Waals surface area contributed by atoms with Crippen molar-refractivity contribution in [3.05, 3.63) is 60.8 Å². The summed E-state index contributed by atoms with van der Waals surface area (Å²) in [6.07, 6.45) is 42.6. The van der Waals surface area contributed by atoms with Gasteiger partial charge in [-0.05, 0) is 70.6 Å². The molecule has 0 rings (SSSR count). The average molecular weight is 745 g/mol. The minimum atomic E-state index is -0.882. The lowest BCUT2D eigenvalue weighted by Gasteiger charge is -2.31. The molecule has 53 heavy (non-hydrogen) atoms. The quantitative estimate of drug-likeness (QED) is 0.0295. The summed E-state index contributed by atoms with van der Waals surface area (Å²) in [5.41, 5.74) is 0. The number of esters is 2. The van der Waals surface area contributed by atoms with E-state index in [0.29, 0.717) is 19.3 Å². The van der Waals surface area contributed by atoms with Crippen LogP contribution in [0.1, 0.15) is 155 Å². The first kappa shape index (κ1) is 50.0. The number of carboxylic acid groups (broad SMARTS) is 1. The van der Waals surface area contributed by atoms with Crippen LogP contribution in [0.2, 0.25) is 0 Å². The molecular formula is C45H78NO7+. The molecule has 8 nitrogen and oxygen atoms in total. The van der Waals surface area contributed by atoms with Gasteiger partial charge in [0.2, 0.25) is 0 Å². The van der Waals surface area contributed by atoms with Gasteiger partial charge >= 0.3 is 17.9 Å². The van der Waals surface area contributed by atoms with E-state index in [9.17, 15) is 19.5 Å². The predicted molar refractivity (Wildman–Crippen MR) is 220 cm³/mol. The van der Waals surface area contributed by atoms with Crippen molar-refractivity contribution in [3.63, 3.8) is 0 Å². The molecule has 0 spiro atoms. The smallest absolute Gasteiger partial charge is 0.362 e. The first-order valence-corrected chi connectivity index (χ1v) is 20.8. The largest absolute Gasteiger partial charge is 0.477 e. The van der Waals surface area contributed by atoms with E-state index in [1.165, 1.54) is 25.7 Å². The van der Waals surface area contributed by atoms with Gasteiger partial charge < -0.3 is 23.8 Å². The number of hydrogen-bond donors (Lipinski definition) is 1. The third-order valence-corrected chi connectivity index (χ3v) is 8.88. The van der Waals surface area contributed by atoms with Crippen LogP contribution in [0.4, 0.5) is 0 Å². The van der Waals surface area contributed by atoms with Gasteiger partial charge in [-0.2, -0.15) is 0 Å². The number of carbonyl (C=O) groups is 3. The van der Waals surface area contributed by atoms with Crippen LogP contribution >= 0.6 is 0 Å². The minimum Gasteiger partial charge on any atom is -0.477 e. The summed E-state index contributed by atoms with van der Waals surface area (Å²) in [6.45, 7) is 4.52. The fourth-order valence-electron chi connectivity index (χ4n) is 5.67. The number of nitrogens with zero attached hydrogens (tertiary/aromatic N) is 1. The number of aliphatic carboxylic acids is 1. The van der Waals surface area contributed by atoms with Gasteiger partial charge in [0.25, 0.3) is 0 Å². The minimum absolute atomic E-state index is 0.0501. The van der Waals surface area contributed by atoms with Gasteiger partial charge in [-0.3, -0.25) is 9.59 Å². The van der Waals surface area contributed by atoms with Crippen LogP contribution in [0.25, 0.3) is 0 Å². The maximum absolute atomic E-state index is 12.7. The number of hydrogen-bond acceptors (Lipinski definition) is 6. The molecule has 0 aromatic carbocycles. The van der Waals surface area contributed by atoms with Crippen molar-refractivity contribution in [2.45, 2.75) is 167 Å². The van der Waals surface area contributed by atoms with Crippen LogP contribution in [0.3, 0.4) is 0 Å². The monoisotopic (exact) mass is 745 g/mol. The summed E-state index contributed by atoms with van der Waals surface area (Å²) >= 11 is 0. The molecule has 0 radical (unpaired) electrons. The topological polar surface area (TPSA) is 99.1 Å². The molecule has 0 saturated carbocycles. The molecule has 8 heteroatoms. The number of unbranched alkanes of at least 4 members (excludes halogenated alkanes) is 12. The molecule has 0 fully saturated rings. The molecular weight excluding hydrogens is 666 g/mol. The molecule has 1 N–H and O–H groups in total. The number of quaternary nitrogens is 1. The van der Waals surface area contributed by atoms with Crippen LogP contribution in [-0.2, 0) is 28.6 Å². The highest BCUT2D eigenvalue weighted by Gasteiger charge is 2.31. The van der Waals surface area contributed by atoms with Gasteiger partial charge in [-0.25, -0.2) is 4.79 Å². The Labute approximate surface area is 324 Å². The molecule has 0 saturated heterocycles. The van der Waals surface area contributed by atoms with Gasteiger partial charge in [0.15, 0.2) is 12.1 Å². The first-order chi connectivity index (χ1) is 25.6. The summed E-state index contributed by atoms with van der Waals surface area (Å²) in [5.74, 6) is -1.51. The second-order valence-electron chi connectivity index (χ2n) is 14.9. The van der Waals surface area contributed by atoms with Crippen molar-refractivity contribution in [3.8, 4) is 0 Å². The van der Waals surface area contributed by atoms with Gasteiger partial charge in [-0.1, -0.05) is 126 Å². The Bertz CT molecular complexity index is 1050. The highest BCUT2D eigenvalue weighted by atomic mass is 16.6. The Morgan fingerprint density at radius 1 is 0.585 bits per heavy atom. The molecule has 304 valence electrons. The number of ether oxygens (including phenoxy) is 3. The number of carbonyl (C=O) groups excluding carboxylic acids is 2. The molecule has 0 bridgehead atoms. The van der Waals surface area contributed by atoms with E-state index in [1.54, 1.807) is 0 Å². The van der Waals surface area contributed by atoms with Crippen molar-refractivity contribution in [2.24, 2.45) is 0 Å². The van der Waals surface area contributed by atoms with Crippen molar-refractivity contribution in [1.82, 2.24) is 0 Å². The maximum Gasteiger partial charge on any atom is 0.362 e. The summed E-state index contributed by atoms with van der Waals surface area (Å²) in [4.78, 5) is 36.8. The van der Waals surface area contributed by atoms with Crippen LogP contribution in [0.15, 0.2) is 60.8 Å². The number of allylic oxidation sites excluding steroid dienone is 10. The highest BCUT2D eigenvalue weighted by molar-refractivity contribution is 5.72. The van der Waals surface area contributed by atoms with Crippen LogP contribution in [0.5, 0.6) is 0 Å². The number of carboxylic acids is 1. The fraction of sp³-hybridized carbons (Fsp3) is 0.711. The summed E-state index contributed by atoms with van der Waals surface area (Å²) < 4.78 is 17.2. The van der Waals surface area contributed by atoms with Crippen molar-refractivity contribution in [1.29, 1.82) is 0 Å². The predicted octanol–water partition coefficient (Wildman–Crippen LogP) is 11.0. The number of rotatable bonds is 36. The van der Waals surface area contributed by atoms with Gasteiger partial charge in [-0.15, -0.1) is 0 Å². The summed E-state index contributed by atoms with van der Waals surface area (Å²) in [7, 11) is 5.51. The lowest BCUT2D eigenvalue weighted by atomic mass is 10.1. The van der Waals surface area contributed by atoms with E-state index in [-0.39, 0.29) is 36.2 Å². The van der Waals surface area contributed by atoms with E-state index in [1.807, 2.05) is 21.1 Å². The summed E-state index contributed by atoms with van der Waals surface area (Å²) in [6, 6.07) is -0.619. The second-order valence-corrected chi connectivity index (χ2v) is 14.9. The van der Waals surface area contributed by atoms with Crippen LogP contribution in [-0.4, -0.2) is 80.6 Å². The Morgan fingerprint density at radius 3 is 1.58 bits per heavy atom. The zero-order valence-electron chi connectivity index (χ0n) is 34.4. The van der Waals surface area contributed by atoms with Crippen LogP contribution < -0.4 is 0 Å². The van der Waals surface area contributed by atoms with E-state index in [2.05, 4.69) is 74.6 Å². The van der Waals surface area contributed by atoms with Gasteiger partial charge in [0.05, 0.1) is 34.4 Å². The second kappa shape index (κ2) is 36.0.